The number of rotatable bonds is 4. The average molecular weight is 487 g/mol. The van der Waals surface area contributed by atoms with E-state index in [-0.39, 0.29) is 5.56 Å². The van der Waals surface area contributed by atoms with Gasteiger partial charge in [-0.25, -0.2) is 13.8 Å². The van der Waals surface area contributed by atoms with Crippen molar-refractivity contribution in [3.05, 3.63) is 71.3 Å². The van der Waals surface area contributed by atoms with Crippen molar-refractivity contribution >= 4 is 33.8 Å². The van der Waals surface area contributed by atoms with Crippen molar-refractivity contribution in [1.82, 2.24) is 14.9 Å². The fourth-order valence-electron chi connectivity index (χ4n) is 4.98. The van der Waals surface area contributed by atoms with Crippen LogP contribution in [-0.2, 0) is 6.42 Å². The molecule has 1 fully saturated rings. The maximum atomic E-state index is 14.8. The lowest BCUT2D eigenvalue weighted by molar-refractivity contribution is 0.313. The zero-order valence-electron chi connectivity index (χ0n) is 20.6. The van der Waals surface area contributed by atoms with Gasteiger partial charge in [-0.05, 0) is 61.1 Å². The van der Waals surface area contributed by atoms with E-state index in [1.807, 2.05) is 18.2 Å². The molecule has 6 nitrogen and oxygen atoms in total. The third-order valence-electron chi connectivity index (χ3n) is 7.13. The fraction of sp³-hybridized carbons (Fsp3) is 0.286. The Kier molecular flexibility index (Phi) is 5.48. The molecule has 1 saturated heterocycles. The Labute approximate surface area is 208 Å². The van der Waals surface area contributed by atoms with Gasteiger partial charge in [0.05, 0.1) is 28.0 Å². The van der Waals surface area contributed by atoms with Gasteiger partial charge in [0, 0.05) is 63.6 Å². The second kappa shape index (κ2) is 8.71. The van der Waals surface area contributed by atoms with Crippen molar-refractivity contribution < 1.29 is 8.78 Å². The van der Waals surface area contributed by atoms with E-state index < -0.39 is 11.6 Å². The summed E-state index contributed by atoms with van der Waals surface area (Å²) in [6, 6.07) is 14.9. The maximum Gasteiger partial charge on any atom is 0.138 e. The summed E-state index contributed by atoms with van der Waals surface area (Å²) in [6.45, 7) is 4.13. The second-order valence-corrected chi connectivity index (χ2v) is 9.83. The molecule has 0 amide bonds. The summed E-state index contributed by atoms with van der Waals surface area (Å²) in [4.78, 5) is 19.2. The number of aromatic nitrogens is 2. The Morgan fingerprint density at radius 3 is 2.39 bits per heavy atom. The SMILES string of the molecule is CN1CCN(c2ccc3nc(-c4ccc5c(c4)CC(c4c(F)cc(N(C)C)cc4F)=N5)[nH]c3c2)CC1. The molecule has 0 unspecified atom stereocenters. The number of anilines is 2. The lowest BCUT2D eigenvalue weighted by atomic mass is 10.0. The minimum Gasteiger partial charge on any atom is -0.377 e. The van der Waals surface area contributed by atoms with Crippen molar-refractivity contribution in [3.63, 3.8) is 0 Å². The third kappa shape index (κ3) is 4.01. The number of halogens is 2. The van der Waals surface area contributed by atoms with Gasteiger partial charge in [-0.1, -0.05) is 0 Å². The van der Waals surface area contributed by atoms with E-state index in [1.54, 1.807) is 19.0 Å². The van der Waals surface area contributed by atoms with Gasteiger partial charge in [0.1, 0.15) is 17.5 Å². The monoisotopic (exact) mass is 486 g/mol. The van der Waals surface area contributed by atoms with E-state index in [2.05, 4.69) is 45.0 Å². The number of piperazine rings is 1. The van der Waals surface area contributed by atoms with Gasteiger partial charge in [-0.3, -0.25) is 4.99 Å². The number of fused-ring (bicyclic) bond motifs is 2. The molecule has 0 saturated carbocycles. The normalized spacial score (nSPS) is 15.9. The van der Waals surface area contributed by atoms with E-state index in [4.69, 9.17) is 4.98 Å². The van der Waals surface area contributed by atoms with Crippen LogP contribution in [0.1, 0.15) is 11.1 Å². The molecule has 2 aliphatic rings. The fourth-order valence-corrected chi connectivity index (χ4v) is 4.98. The van der Waals surface area contributed by atoms with Crippen LogP contribution in [0.25, 0.3) is 22.4 Å². The summed E-state index contributed by atoms with van der Waals surface area (Å²) in [5.41, 5.74) is 6.51. The number of likely N-dealkylation sites (N-methyl/N-ethyl adjacent to an activating group) is 1. The molecule has 4 aromatic rings. The van der Waals surface area contributed by atoms with Gasteiger partial charge in [0.25, 0.3) is 0 Å². The number of aromatic amines is 1. The zero-order valence-corrected chi connectivity index (χ0v) is 20.6. The Morgan fingerprint density at radius 2 is 1.67 bits per heavy atom. The first kappa shape index (κ1) is 22.7. The number of H-pyrrole nitrogens is 1. The molecule has 2 aliphatic heterocycles. The summed E-state index contributed by atoms with van der Waals surface area (Å²) in [6.07, 6.45) is 0.367. The Morgan fingerprint density at radius 1 is 0.917 bits per heavy atom. The summed E-state index contributed by atoms with van der Waals surface area (Å²) >= 11 is 0. The van der Waals surface area contributed by atoms with Crippen molar-refractivity contribution in [2.45, 2.75) is 6.42 Å². The van der Waals surface area contributed by atoms with Crippen LogP contribution in [0.4, 0.5) is 25.8 Å². The second-order valence-electron chi connectivity index (χ2n) is 9.83. The maximum absolute atomic E-state index is 14.8. The highest BCUT2D eigenvalue weighted by Gasteiger charge is 2.24. The molecular formula is C28H28F2N6. The molecule has 36 heavy (non-hydrogen) atoms. The van der Waals surface area contributed by atoms with Crippen molar-refractivity contribution in [2.24, 2.45) is 4.99 Å². The Hall–Kier alpha value is -3.78. The largest absolute Gasteiger partial charge is 0.377 e. The number of imidazole rings is 1. The van der Waals surface area contributed by atoms with Crippen LogP contribution in [0, 0.1) is 11.6 Å². The highest BCUT2D eigenvalue weighted by Crippen LogP contribution is 2.35. The van der Waals surface area contributed by atoms with Crippen LogP contribution in [0.2, 0.25) is 0 Å². The van der Waals surface area contributed by atoms with Crippen LogP contribution in [0.5, 0.6) is 0 Å². The zero-order chi connectivity index (χ0) is 25.0. The number of hydrogen-bond donors (Lipinski definition) is 1. The van der Waals surface area contributed by atoms with Crippen LogP contribution in [-0.4, -0.2) is 67.9 Å². The summed E-state index contributed by atoms with van der Waals surface area (Å²) in [7, 11) is 5.66. The van der Waals surface area contributed by atoms with E-state index in [0.717, 1.165) is 59.9 Å². The summed E-state index contributed by atoms with van der Waals surface area (Å²) in [5.74, 6) is -0.428. The first-order valence-corrected chi connectivity index (χ1v) is 12.2. The molecule has 0 spiro atoms. The molecule has 1 aromatic heterocycles. The minimum atomic E-state index is -0.598. The highest BCUT2D eigenvalue weighted by atomic mass is 19.1. The van der Waals surface area contributed by atoms with Crippen LogP contribution in [0.3, 0.4) is 0 Å². The number of aliphatic imine (C=N–C) groups is 1. The lowest BCUT2D eigenvalue weighted by Crippen LogP contribution is -2.44. The predicted octanol–water partition coefficient (Wildman–Crippen LogP) is 5.00. The van der Waals surface area contributed by atoms with E-state index in [0.29, 0.717) is 17.8 Å². The van der Waals surface area contributed by atoms with Gasteiger partial charge in [-0.2, -0.15) is 0 Å². The highest BCUT2D eigenvalue weighted by molar-refractivity contribution is 6.07. The summed E-state index contributed by atoms with van der Waals surface area (Å²) < 4.78 is 29.7. The van der Waals surface area contributed by atoms with E-state index >= 15 is 0 Å². The number of hydrogen-bond acceptors (Lipinski definition) is 5. The van der Waals surface area contributed by atoms with Gasteiger partial charge < -0.3 is 19.7 Å². The number of benzene rings is 3. The van der Waals surface area contributed by atoms with Crippen LogP contribution >= 0.6 is 0 Å². The van der Waals surface area contributed by atoms with E-state index in [9.17, 15) is 8.78 Å². The molecule has 184 valence electrons. The molecule has 0 aliphatic carbocycles. The first-order valence-electron chi connectivity index (χ1n) is 12.2. The predicted molar refractivity (Wildman–Crippen MR) is 142 cm³/mol. The van der Waals surface area contributed by atoms with Crippen molar-refractivity contribution in [3.8, 4) is 11.4 Å². The smallest absolute Gasteiger partial charge is 0.138 e. The quantitative estimate of drug-likeness (QED) is 0.441. The topological polar surface area (TPSA) is 50.8 Å². The molecule has 3 aromatic carbocycles. The molecule has 0 radical (unpaired) electrons. The Balaban J connectivity index is 1.26. The third-order valence-corrected chi connectivity index (χ3v) is 7.13. The standard InChI is InChI=1S/C28H28F2N6/c1-34(2)20-14-21(29)27(22(30)15-20)26-13-18-12-17(4-6-23(18)31-26)28-32-24-7-5-19(16-25(24)33-28)36-10-8-35(3)9-11-36/h4-7,12,14-16H,8-11,13H2,1-3H3,(H,32,33). The molecule has 0 bridgehead atoms. The van der Waals surface area contributed by atoms with Gasteiger partial charge in [0.2, 0.25) is 0 Å². The summed E-state index contributed by atoms with van der Waals surface area (Å²) in [5, 5.41) is 0. The first-order chi connectivity index (χ1) is 17.4. The van der Waals surface area contributed by atoms with Crippen LogP contribution < -0.4 is 9.80 Å². The molecule has 8 heteroatoms. The van der Waals surface area contributed by atoms with Gasteiger partial charge in [-0.15, -0.1) is 0 Å². The molecule has 0 atom stereocenters. The minimum absolute atomic E-state index is 0.0569. The van der Waals surface area contributed by atoms with Crippen molar-refractivity contribution in [2.75, 3.05) is 57.1 Å². The van der Waals surface area contributed by atoms with Crippen molar-refractivity contribution in [1.29, 1.82) is 0 Å². The van der Waals surface area contributed by atoms with Gasteiger partial charge >= 0.3 is 0 Å². The molecule has 6 rings (SSSR count). The van der Waals surface area contributed by atoms with Crippen LogP contribution in [0.15, 0.2) is 53.5 Å². The Bertz CT molecular complexity index is 1470. The molecule has 3 heterocycles. The number of nitrogens with zero attached hydrogens (tertiary/aromatic N) is 5. The van der Waals surface area contributed by atoms with Gasteiger partial charge in [0.15, 0.2) is 0 Å². The number of nitrogens with one attached hydrogen (secondary N) is 1. The average Bonchev–Trinajstić information content (AvgIpc) is 3.47. The lowest BCUT2D eigenvalue weighted by Gasteiger charge is -2.34. The van der Waals surface area contributed by atoms with E-state index in [1.165, 1.54) is 17.8 Å². The molecule has 1 N–H and O–H groups in total. The molecular weight excluding hydrogens is 458 g/mol.